The third kappa shape index (κ3) is 2.79. The van der Waals surface area contributed by atoms with E-state index >= 15 is 0 Å². The Bertz CT molecular complexity index is 402. The van der Waals surface area contributed by atoms with Crippen LogP contribution in [0.2, 0.25) is 0 Å². The summed E-state index contributed by atoms with van der Waals surface area (Å²) in [6.45, 7) is 1.01. The molecular weight excluding hydrogens is 207 g/mol. The normalized spacial score (nSPS) is 15.1. The molecule has 0 aromatic heterocycles. The molecule has 86 valence electrons. The lowest BCUT2D eigenvalue weighted by atomic mass is 10.1. The summed E-state index contributed by atoms with van der Waals surface area (Å²) in [5.74, 6) is 0.201. The van der Waals surface area contributed by atoms with Crippen LogP contribution in [0.1, 0.15) is 24.0 Å². The van der Waals surface area contributed by atoms with Gasteiger partial charge in [-0.05, 0) is 24.8 Å². The molecule has 0 saturated heterocycles. The molecule has 4 heteroatoms. The average molecular weight is 222 g/mol. The Labute approximate surface area is 93.9 Å². The number of rotatable bonds is 5. The minimum absolute atomic E-state index is 0.121. The van der Waals surface area contributed by atoms with E-state index in [0.29, 0.717) is 30.3 Å². The molecule has 0 unspecified atom stereocenters. The van der Waals surface area contributed by atoms with Crippen molar-refractivity contribution in [2.45, 2.75) is 19.4 Å². The number of nitrogens with two attached hydrogens (primary N) is 1. The molecule has 16 heavy (non-hydrogen) atoms. The van der Waals surface area contributed by atoms with Crippen LogP contribution in [0.3, 0.4) is 0 Å². The van der Waals surface area contributed by atoms with Gasteiger partial charge in [-0.25, -0.2) is 4.39 Å². The van der Waals surface area contributed by atoms with Crippen LogP contribution < -0.4 is 5.73 Å². The second-order valence-corrected chi connectivity index (χ2v) is 4.18. The zero-order valence-electron chi connectivity index (χ0n) is 9.00. The number of halogens is 1. The van der Waals surface area contributed by atoms with Crippen molar-refractivity contribution in [2.75, 3.05) is 6.61 Å². The molecule has 1 saturated carbocycles. The maximum atomic E-state index is 13.5. The highest BCUT2D eigenvalue weighted by Crippen LogP contribution is 2.29. The third-order valence-corrected chi connectivity index (χ3v) is 2.67. The summed E-state index contributed by atoms with van der Waals surface area (Å²) in [7, 11) is 0. The van der Waals surface area contributed by atoms with Gasteiger partial charge in [0.2, 0.25) is 0 Å². The van der Waals surface area contributed by atoms with Crippen molar-refractivity contribution < 1.29 is 9.13 Å². The molecule has 0 atom stereocenters. The molecule has 1 aliphatic rings. The maximum Gasteiger partial charge on any atom is 0.129 e. The summed E-state index contributed by atoms with van der Waals surface area (Å²) in [6.07, 6.45) is 2.46. The molecule has 2 rings (SSSR count). The quantitative estimate of drug-likeness (QED) is 0.591. The Kier molecular flexibility index (Phi) is 3.19. The Morgan fingerprint density at radius 3 is 2.81 bits per heavy atom. The predicted molar refractivity (Wildman–Crippen MR) is 59.8 cm³/mol. The molecule has 0 bridgehead atoms. The summed E-state index contributed by atoms with van der Waals surface area (Å²) in [5, 5.41) is 7.19. The van der Waals surface area contributed by atoms with Crippen LogP contribution in [0.4, 0.5) is 4.39 Å². The summed E-state index contributed by atoms with van der Waals surface area (Å²) < 4.78 is 18.9. The monoisotopic (exact) mass is 222 g/mol. The zero-order chi connectivity index (χ0) is 11.5. The minimum Gasteiger partial charge on any atom is -0.384 e. The molecule has 1 aromatic rings. The Morgan fingerprint density at radius 2 is 2.25 bits per heavy atom. The van der Waals surface area contributed by atoms with Crippen molar-refractivity contribution in [1.82, 2.24) is 0 Å². The SMILES string of the molecule is N=C(N)c1ccc(COCC2CC2)c(F)c1. The van der Waals surface area contributed by atoms with E-state index in [4.69, 9.17) is 15.9 Å². The Hall–Kier alpha value is -1.42. The molecule has 0 aliphatic heterocycles. The lowest BCUT2D eigenvalue weighted by Crippen LogP contribution is -2.11. The van der Waals surface area contributed by atoms with Crippen LogP contribution in [0.15, 0.2) is 18.2 Å². The number of benzene rings is 1. The minimum atomic E-state index is -0.358. The van der Waals surface area contributed by atoms with Crippen molar-refractivity contribution in [3.8, 4) is 0 Å². The molecule has 3 nitrogen and oxygen atoms in total. The summed E-state index contributed by atoms with van der Waals surface area (Å²) in [4.78, 5) is 0. The van der Waals surface area contributed by atoms with E-state index < -0.39 is 0 Å². The molecule has 1 aliphatic carbocycles. The van der Waals surface area contributed by atoms with E-state index in [2.05, 4.69) is 0 Å². The summed E-state index contributed by atoms with van der Waals surface area (Å²) in [5.41, 5.74) is 6.19. The second-order valence-electron chi connectivity index (χ2n) is 4.18. The number of hydrogen-bond donors (Lipinski definition) is 2. The number of ether oxygens (including phenoxy) is 1. The van der Waals surface area contributed by atoms with Gasteiger partial charge in [0, 0.05) is 17.7 Å². The first-order chi connectivity index (χ1) is 7.66. The van der Waals surface area contributed by atoms with Gasteiger partial charge in [0.15, 0.2) is 0 Å². The number of nitrogen functional groups attached to an aromatic ring is 1. The van der Waals surface area contributed by atoms with E-state index in [1.54, 1.807) is 12.1 Å². The van der Waals surface area contributed by atoms with E-state index in [1.807, 2.05) is 0 Å². The molecular formula is C12H15FN2O. The summed E-state index contributed by atoms with van der Waals surface area (Å²) >= 11 is 0. The first-order valence-corrected chi connectivity index (χ1v) is 5.37. The van der Waals surface area contributed by atoms with E-state index in [-0.39, 0.29) is 11.7 Å². The van der Waals surface area contributed by atoms with Crippen molar-refractivity contribution in [3.05, 3.63) is 35.1 Å². The fraction of sp³-hybridized carbons (Fsp3) is 0.417. The lowest BCUT2D eigenvalue weighted by molar-refractivity contribution is 0.109. The number of hydrogen-bond acceptors (Lipinski definition) is 2. The van der Waals surface area contributed by atoms with Crippen molar-refractivity contribution in [3.63, 3.8) is 0 Å². The van der Waals surface area contributed by atoms with Crippen molar-refractivity contribution >= 4 is 5.84 Å². The fourth-order valence-corrected chi connectivity index (χ4v) is 1.45. The van der Waals surface area contributed by atoms with E-state index in [9.17, 15) is 4.39 Å². The van der Waals surface area contributed by atoms with Gasteiger partial charge in [-0.2, -0.15) is 0 Å². The van der Waals surface area contributed by atoms with Crippen LogP contribution >= 0.6 is 0 Å². The maximum absolute atomic E-state index is 13.5. The highest BCUT2D eigenvalue weighted by atomic mass is 19.1. The van der Waals surface area contributed by atoms with Gasteiger partial charge in [0.25, 0.3) is 0 Å². The number of amidine groups is 1. The van der Waals surface area contributed by atoms with E-state index in [1.165, 1.54) is 18.9 Å². The third-order valence-electron chi connectivity index (χ3n) is 2.67. The van der Waals surface area contributed by atoms with Crippen LogP contribution in [0.25, 0.3) is 0 Å². The van der Waals surface area contributed by atoms with Crippen LogP contribution in [0.5, 0.6) is 0 Å². The standard InChI is InChI=1S/C12H15FN2O/c13-11-5-9(12(14)15)3-4-10(11)7-16-6-8-1-2-8/h3-5,8H,1-2,6-7H2,(H3,14,15). The van der Waals surface area contributed by atoms with Gasteiger partial charge in [0.05, 0.1) is 6.61 Å². The van der Waals surface area contributed by atoms with Crippen LogP contribution in [-0.4, -0.2) is 12.4 Å². The highest BCUT2D eigenvalue weighted by molar-refractivity contribution is 5.94. The van der Waals surface area contributed by atoms with E-state index in [0.717, 1.165) is 0 Å². The smallest absolute Gasteiger partial charge is 0.129 e. The number of nitrogens with one attached hydrogen (secondary N) is 1. The van der Waals surface area contributed by atoms with Gasteiger partial charge in [-0.15, -0.1) is 0 Å². The van der Waals surface area contributed by atoms with Gasteiger partial charge in [-0.1, -0.05) is 12.1 Å². The van der Waals surface area contributed by atoms with Gasteiger partial charge in [-0.3, -0.25) is 5.41 Å². The first-order valence-electron chi connectivity index (χ1n) is 5.37. The predicted octanol–water partition coefficient (Wildman–Crippen LogP) is 2.04. The largest absolute Gasteiger partial charge is 0.384 e. The topological polar surface area (TPSA) is 59.1 Å². The van der Waals surface area contributed by atoms with Gasteiger partial charge >= 0.3 is 0 Å². The Balaban J connectivity index is 1.95. The molecule has 3 N–H and O–H groups in total. The molecule has 0 amide bonds. The fourth-order valence-electron chi connectivity index (χ4n) is 1.45. The van der Waals surface area contributed by atoms with Gasteiger partial charge in [0.1, 0.15) is 11.7 Å². The first kappa shape index (κ1) is 11.1. The Morgan fingerprint density at radius 1 is 1.50 bits per heavy atom. The van der Waals surface area contributed by atoms with Crippen LogP contribution in [0, 0.1) is 17.1 Å². The zero-order valence-corrected chi connectivity index (χ0v) is 9.00. The summed E-state index contributed by atoms with van der Waals surface area (Å²) in [6, 6.07) is 4.54. The van der Waals surface area contributed by atoms with Crippen molar-refractivity contribution in [1.29, 1.82) is 5.41 Å². The van der Waals surface area contributed by atoms with Crippen LogP contribution in [-0.2, 0) is 11.3 Å². The lowest BCUT2D eigenvalue weighted by Gasteiger charge is -2.06. The van der Waals surface area contributed by atoms with Gasteiger partial charge < -0.3 is 10.5 Å². The van der Waals surface area contributed by atoms with Crippen molar-refractivity contribution in [2.24, 2.45) is 11.7 Å². The molecule has 0 heterocycles. The molecule has 0 radical (unpaired) electrons. The highest BCUT2D eigenvalue weighted by Gasteiger charge is 2.21. The average Bonchev–Trinajstić information content (AvgIpc) is 3.04. The second kappa shape index (κ2) is 4.61. The molecule has 1 fully saturated rings. The molecule has 1 aromatic carbocycles. The molecule has 0 spiro atoms.